The van der Waals surface area contributed by atoms with Crippen molar-refractivity contribution in [1.29, 1.82) is 0 Å². The highest BCUT2D eigenvalue weighted by Gasteiger charge is 2.24. The number of aryl methyl sites for hydroxylation is 1. The molecule has 1 atom stereocenters. The molecule has 0 aliphatic carbocycles. The van der Waals surface area contributed by atoms with Gasteiger partial charge in [0.15, 0.2) is 0 Å². The van der Waals surface area contributed by atoms with E-state index in [1.165, 1.54) is 5.56 Å². The molecule has 1 aliphatic heterocycles. The Labute approximate surface area is 127 Å². The number of fused-ring (bicyclic) bond motifs is 3. The molecule has 2 heterocycles. The average molecular weight is 299 g/mol. The zero-order valence-corrected chi connectivity index (χ0v) is 12.2. The van der Waals surface area contributed by atoms with Gasteiger partial charge in [-0.3, -0.25) is 0 Å². The molecule has 3 nitrogen and oxygen atoms in total. The molecule has 1 unspecified atom stereocenters. The number of hydrogen-bond donors (Lipinski definition) is 1. The maximum Gasteiger partial charge on any atom is 0.144 e. The smallest absolute Gasteiger partial charge is 0.144 e. The minimum Gasteiger partial charge on any atom is -0.506 e. The number of nitrogens with zero attached hydrogens (tertiary/aromatic N) is 2. The molecule has 1 aromatic heterocycles. The van der Waals surface area contributed by atoms with Crippen molar-refractivity contribution in [2.45, 2.75) is 25.3 Å². The Kier molecular flexibility index (Phi) is 2.89. The van der Waals surface area contributed by atoms with Gasteiger partial charge in [0.05, 0.1) is 5.52 Å². The van der Waals surface area contributed by atoms with Crippen molar-refractivity contribution in [2.75, 3.05) is 0 Å². The summed E-state index contributed by atoms with van der Waals surface area (Å²) in [5.41, 5.74) is 2.95. The van der Waals surface area contributed by atoms with Crippen LogP contribution in [0.15, 0.2) is 42.5 Å². The second kappa shape index (κ2) is 4.78. The predicted octanol–water partition coefficient (Wildman–Crippen LogP) is 4.13. The summed E-state index contributed by atoms with van der Waals surface area (Å²) in [6.07, 6.45) is 1.98. The number of halogens is 1. The summed E-state index contributed by atoms with van der Waals surface area (Å²) in [4.78, 5) is 4.62. The van der Waals surface area contributed by atoms with Crippen LogP contribution in [-0.2, 0) is 13.0 Å². The monoisotopic (exact) mass is 298 g/mol. The molecule has 0 saturated carbocycles. The molecule has 0 radical (unpaired) electrons. The van der Waals surface area contributed by atoms with E-state index in [4.69, 9.17) is 11.6 Å². The van der Waals surface area contributed by atoms with Crippen LogP contribution in [-0.4, -0.2) is 14.7 Å². The van der Waals surface area contributed by atoms with E-state index < -0.39 is 0 Å². The lowest BCUT2D eigenvalue weighted by Gasteiger charge is -2.24. The van der Waals surface area contributed by atoms with Gasteiger partial charge >= 0.3 is 0 Å². The molecular formula is C17H15ClN2O. The highest BCUT2D eigenvalue weighted by molar-refractivity contribution is 6.31. The van der Waals surface area contributed by atoms with Crippen LogP contribution in [0, 0.1) is 0 Å². The molecule has 4 heteroatoms. The van der Waals surface area contributed by atoms with Crippen LogP contribution in [0.25, 0.3) is 11.0 Å². The Morgan fingerprint density at radius 3 is 2.81 bits per heavy atom. The second-order valence-electron chi connectivity index (χ2n) is 5.57. The number of rotatable bonds is 1. The minimum absolute atomic E-state index is 0.163. The van der Waals surface area contributed by atoms with Crippen LogP contribution in [0.3, 0.4) is 0 Å². The van der Waals surface area contributed by atoms with Crippen molar-refractivity contribution in [2.24, 2.45) is 0 Å². The van der Waals surface area contributed by atoms with Gasteiger partial charge in [0.2, 0.25) is 0 Å². The van der Waals surface area contributed by atoms with Crippen molar-refractivity contribution in [3.63, 3.8) is 0 Å². The number of phenolic OH excluding ortho intramolecular Hbond substituents is 1. The third-order valence-corrected chi connectivity index (χ3v) is 4.50. The van der Waals surface area contributed by atoms with E-state index in [9.17, 15) is 5.11 Å². The lowest BCUT2D eigenvalue weighted by Crippen LogP contribution is -2.18. The third-order valence-electron chi connectivity index (χ3n) is 4.28. The Morgan fingerprint density at radius 1 is 1.19 bits per heavy atom. The fraction of sp³-hybridized carbons (Fsp3) is 0.235. The summed E-state index contributed by atoms with van der Waals surface area (Å²) in [6.45, 7) is 0.908. The third kappa shape index (κ3) is 2.09. The zero-order chi connectivity index (χ0) is 14.4. The number of aromatic nitrogens is 2. The first-order valence-electron chi connectivity index (χ1n) is 7.15. The first kappa shape index (κ1) is 12.7. The average Bonchev–Trinajstić information content (AvgIpc) is 2.86. The number of benzene rings is 2. The van der Waals surface area contributed by atoms with Crippen LogP contribution in [0.1, 0.15) is 23.7 Å². The summed E-state index contributed by atoms with van der Waals surface area (Å²) in [5.74, 6) is 1.69. The Balaban J connectivity index is 1.78. The van der Waals surface area contributed by atoms with Crippen molar-refractivity contribution in [3.05, 3.63) is 58.9 Å². The van der Waals surface area contributed by atoms with Gasteiger partial charge in [-0.1, -0.05) is 41.9 Å². The summed E-state index contributed by atoms with van der Waals surface area (Å²) < 4.78 is 2.18. The van der Waals surface area contributed by atoms with Gasteiger partial charge in [0.1, 0.15) is 17.1 Å². The van der Waals surface area contributed by atoms with Gasteiger partial charge in [-0.05, 0) is 24.0 Å². The van der Waals surface area contributed by atoms with Gasteiger partial charge in [0, 0.05) is 24.1 Å². The molecule has 4 rings (SSSR count). The maximum absolute atomic E-state index is 10.0. The molecule has 21 heavy (non-hydrogen) atoms. The predicted molar refractivity (Wildman–Crippen MR) is 83.9 cm³/mol. The SMILES string of the molecule is Oc1cc(Cl)cc2c1nc1n2CCC(c2ccccc2)C1. The highest BCUT2D eigenvalue weighted by atomic mass is 35.5. The van der Waals surface area contributed by atoms with Crippen LogP contribution >= 0.6 is 11.6 Å². The molecule has 0 spiro atoms. The molecule has 1 aliphatic rings. The minimum atomic E-state index is 0.163. The van der Waals surface area contributed by atoms with Crippen molar-refractivity contribution in [3.8, 4) is 5.75 Å². The summed E-state index contributed by atoms with van der Waals surface area (Å²) in [7, 11) is 0. The summed E-state index contributed by atoms with van der Waals surface area (Å²) >= 11 is 6.05. The lowest BCUT2D eigenvalue weighted by atomic mass is 9.90. The molecule has 2 aromatic carbocycles. The standard InChI is InChI=1S/C17H15ClN2O/c18-13-9-14-17(15(21)10-13)19-16-8-12(6-7-20(14)16)11-4-2-1-3-5-11/h1-5,9-10,12,21H,6-8H2. The molecule has 0 amide bonds. The topological polar surface area (TPSA) is 38.1 Å². The summed E-state index contributed by atoms with van der Waals surface area (Å²) in [5, 5.41) is 10.6. The number of hydrogen-bond acceptors (Lipinski definition) is 2. The van der Waals surface area contributed by atoms with Crippen LogP contribution in [0.2, 0.25) is 5.02 Å². The maximum atomic E-state index is 10.0. The zero-order valence-electron chi connectivity index (χ0n) is 11.5. The molecule has 0 fully saturated rings. The van der Waals surface area contributed by atoms with Crippen molar-refractivity contribution in [1.82, 2.24) is 9.55 Å². The van der Waals surface area contributed by atoms with E-state index in [2.05, 4.69) is 33.8 Å². The van der Waals surface area contributed by atoms with Crippen molar-refractivity contribution >= 4 is 22.6 Å². The lowest BCUT2D eigenvalue weighted by molar-refractivity contribution is 0.473. The first-order valence-corrected chi connectivity index (χ1v) is 7.53. The van der Waals surface area contributed by atoms with Gasteiger partial charge in [0.25, 0.3) is 0 Å². The van der Waals surface area contributed by atoms with E-state index in [0.717, 1.165) is 30.7 Å². The molecule has 1 N–H and O–H groups in total. The van der Waals surface area contributed by atoms with Crippen LogP contribution in [0.4, 0.5) is 0 Å². The van der Waals surface area contributed by atoms with E-state index >= 15 is 0 Å². The quantitative estimate of drug-likeness (QED) is 0.733. The van der Waals surface area contributed by atoms with E-state index in [-0.39, 0.29) is 5.75 Å². The molecule has 0 bridgehead atoms. The Hall–Kier alpha value is -2.00. The van der Waals surface area contributed by atoms with E-state index in [0.29, 0.717) is 16.5 Å². The van der Waals surface area contributed by atoms with Crippen molar-refractivity contribution < 1.29 is 5.11 Å². The Bertz CT molecular complexity index is 811. The number of phenols is 1. The number of aromatic hydroxyl groups is 1. The first-order chi connectivity index (χ1) is 10.2. The van der Waals surface area contributed by atoms with E-state index in [1.807, 2.05) is 12.1 Å². The number of imidazole rings is 1. The highest BCUT2D eigenvalue weighted by Crippen LogP contribution is 2.35. The molecule has 106 valence electrons. The van der Waals surface area contributed by atoms with E-state index in [1.54, 1.807) is 6.07 Å². The van der Waals surface area contributed by atoms with Gasteiger partial charge in [-0.25, -0.2) is 4.98 Å². The van der Waals surface area contributed by atoms with Gasteiger partial charge in [-0.2, -0.15) is 0 Å². The molecular weight excluding hydrogens is 284 g/mol. The fourth-order valence-electron chi connectivity index (χ4n) is 3.24. The fourth-order valence-corrected chi connectivity index (χ4v) is 3.45. The normalized spacial score (nSPS) is 17.9. The van der Waals surface area contributed by atoms with Gasteiger partial charge < -0.3 is 9.67 Å². The van der Waals surface area contributed by atoms with Gasteiger partial charge in [-0.15, -0.1) is 0 Å². The van der Waals surface area contributed by atoms with Crippen LogP contribution < -0.4 is 0 Å². The van der Waals surface area contributed by atoms with Crippen LogP contribution in [0.5, 0.6) is 5.75 Å². The molecule has 0 saturated heterocycles. The Morgan fingerprint density at radius 2 is 2.00 bits per heavy atom. The molecule has 3 aromatic rings. The summed E-state index contributed by atoms with van der Waals surface area (Å²) in [6, 6.07) is 14.0. The largest absolute Gasteiger partial charge is 0.506 e. The second-order valence-corrected chi connectivity index (χ2v) is 6.01.